The SMILES string of the molecule is CCCc1nn(-c2nc3ccccc3[nH]2)c(Cl)c1C#N. The molecule has 6 heteroatoms. The van der Waals surface area contributed by atoms with Gasteiger partial charge in [0.15, 0.2) is 5.15 Å². The molecule has 0 fully saturated rings. The summed E-state index contributed by atoms with van der Waals surface area (Å²) in [6.07, 6.45) is 1.62. The van der Waals surface area contributed by atoms with Crippen molar-refractivity contribution in [3.05, 3.63) is 40.7 Å². The van der Waals surface area contributed by atoms with Crippen molar-refractivity contribution in [1.29, 1.82) is 5.26 Å². The Labute approximate surface area is 120 Å². The lowest BCUT2D eigenvalue weighted by Crippen LogP contribution is -1.99. The molecule has 3 rings (SSSR count). The number of nitrogens with zero attached hydrogens (tertiary/aromatic N) is 4. The largest absolute Gasteiger partial charge is 0.322 e. The monoisotopic (exact) mass is 285 g/mol. The first-order chi connectivity index (χ1) is 9.74. The lowest BCUT2D eigenvalue weighted by atomic mass is 10.2. The van der Waals surface area contributed by atoms with Crippen molar-refractivity contribution in [3.8, 4) is 12.0 Å². The molecule has 0 amide bonds. The van der Waals surface area contributed by atoms with Gasteiger partial charge in [-0.15, -0.1) is 0 Å². The molecule has 0 saturated heterocycles. The van der Waals surface area contributed by atoms with Crippen LogP contribution in [0.5, 0.6) is 0 Å². The second-order valence-corrected chi connectivity index (χ2v) is 4.82. The quantitative estimate of drug-likeness (QED) is 0.803. The van der Waals surface area contributed by atoms with Crippen LogP contribution in [0.3, 0.4) is 0 Å². The van der Waals surface area contributed by atoms with Gasteiger partial charge in [-0.1, -0.05) is 37.1 Å². The summed E-state index contributed by atoms with van der Waals surface area (Å²) in [4.78, 5) is 7.60. The van der Waals surface area contributed by atoms with Crippen LogP contribution in [0.25, 0.3) is 17.0 Å². The van der Waals surface area contributed by atoms with Crippen LogP contribution in [-0.2, 0) is 6.42 Å². The van der Waals surface area contributed by atoms with Crippen LogP contribution >= 0.6 is 11.6 Å². The maximum atomic E-state index is 9.21. The van der Waals surface area contributed by atoms with Gasteiger partial charge in [0.2, 0.25) is 5.95 Å². The second-order valence-electron chi connectivity index (χ2n) is 4.46. The molecule has 0 aliphatic heterocycles. The Morgan fingerprint density at radius 3 is 2.90 bits per heavy atom. The van der Waals surface area contributed by atoms with Crippen molar-refractivity contribution < 1.29 is 0 Å². The van der Waals surface area contributed by atoms with Gasteiger partial charge in [-0.05, 0) is 18.6 Å². The minimum atomic E-state index is 0.301. The van der Waals surface area contributed by atoms with Crippen LogP contribution in [-0.4, -0.2) is 19.7 Å². The summed E-state index contributed by atoms with van der Waals surface area (Å²) in [5.74, 6) is 0.523. The normalized spacial score (nSPS) is 10.8. The molecule has 0 unspecified atom stereocenters. The van der Waals surface area contributed by atoms with Gasteiger partial charge < -0.3 is 4.98 Å². The Morgan fingerprint density at radius 1 is 1.40 bits per heavy atom. The second kappa shape index (κ2) is 4.99. The van der Waals surface area contributed by atoms with E-state index in [4.69, 9.17) is 11.6 Å². The van der Waals surface area contributed by atoms with E-state index >= 15 is 0 Å². The Bertz CT molecular complexity index is 776. The van der Waals surface area contributed by atoms with E-state index in [0.29, 0.717) is 22.4 Å². The summed E-state index contributed by atoms with van der Waals surface area (Å²) >= 11 is 6.25. The number of rotatable bonds is 3. The lowest BCUT2D eigenvalue weighted by molar-refractivity contribution is 0.780. The maximum Gasteiger partial charge on any atom is 0.230 e. The highest BCUT2D eigenvalue weighted by Gasteiger charge is 2.18. The van der Waals surface area contributed by atoms with Crippen molar-refractivity contribution in [3.63, 3.8) is 0 Å². The molecule has 0 radical (unpaired) electrons. The smallest absolute Gasteiger partial charge is 0.230 e. The number of imidazole rings is 1. The van der Waals surface area contributed by atoms with Crippen LogP contribution in [0.1, 0.15) is 24.6 Å². The molecule has 0 spiro atoms. The number of halogens is 1. The molecule has 2 heterocycles. The first-order valence-corrected chi connectivity index (χ1v) is 6.75. The van der Waals surface area contributed by atoms with E-state index in [1.165, 1.54) is 4.68 Å². The van der Waals surface area contributed by atoms with Crippen molar-refractivity contribution >= 4 is 22.6 Å². The van der Waals surface area contributed by atoms with E-state index in [-0.39, 0.29) is 0 Å². The van der Waals surface area contributed by atoms with Crippen molar-refractivity contribution in [1.82, 2.24) is 19.7 Å². The predicted molar refractivity (Wildman–Crippen MR) is 76.9 cm³/mol. The van der Waals surface area contributed by atoms with Crippen LogP contribution in [0, 0.1) is 11.3 Å². The summed E-state index contributed by atoms with van der Waals surface area (Å²) in [6.45, 7) is 2.04. The van der Waals surface area contributed by atoms with Crippen molar-refractivity contribution in [2.75, 3.05) is 0 Å². The molecule has 20 heavy (non-hydrogen) atoms. The zero-order valence-corrected chi connectivity index (χ0v) is 11.6. The lowest BCUT2D eigenvalue weighted by Gasteiger charge is -1.96. The third-order valence-corrected chi connectivity index (χ3v) is 3.43. The molecule has 0 aliphatic carbocycles. The molecule has 0 atom stereocenters. The molecule has 1 aromatic carbocycles. The molecule has 0 aliphatic rings. The maximum absolute atomic E-state index is 9.21. The average Bonchev–Trinajstić information content (AvgIpc) is 3.00. The van der Waals surface area contributed by atoms with Gasteiger partial charge in [0.25, 0.3) is 0 Å². The van der Waals surface area contributed by atoms with E-state index in [0.717, 1.165) is 23.9 Å². The minimum Gasteiger partial charge on any atom is -0.322 e. The van der Waals surface area contributed by atoms with Gasteiger partial charge in [-0.25, -0.2) is 4.98 Å². The Kier molecular flexibility index (Phi) is 3.17. The number of para-hydroxylation sites is 2. The number of H-pyrrole nitrogens is 1. The molecular formula is C14H12ClN5. The van der Waals surface area contributed by atoms with Crippen LogP contribution < -0.4 is 0 Å². The predicted octanol–water partition coefficient (Wildman–Crippen LogP) is 3.23. The highest BCUT2D eigenvalue weighted by molar-refractivity contribution is 6.31. The zero-order chi connectivity index (χ0) is 14.1. The first kappa shape index (κ1) is 12.7. The molecule has 5 nitrogen and oxygen atoms in total. The number of hydrogen-bond donors (Lipinski definition) is 1. The molecule has 0 saturated carbocycles. The van der Waals surface area contributed by atoms with Gasteiger partial charge in [-0.3, -0.25) is 0 Å². The van der Waals surface area contributed by atoms with Gasteiger partial charge >= 0.3 is 0 Å². The summed E-state index contributed by atoms with van der Waals surface area (Å²) < 4.78 is 1.49. The molecule has 2 aromatic heterocycles. The highest BCUT2D eigenvalue weighted by atomic mass is 35.5. The van der Waals surface area contributed by atoms with Gasteiger partial charge in [-0.2, -0.15) is 15.0 Å². The number of aromatic nitrogens is 4. The number of hydrogen-bond acceptors (Lipinski definition) is 3. The molecule has 3 aromatic rings. The fourth-order valence-electron chi connectivity index (χ4n) is 2.14. The minimum absolute atomic E-state index is 0.301. The number of nitriles is 1. The Balaban J connectivity index is 2.16. The summed E-state index contributed by atoms with van der Waals surface area (Å²) in [5, 5.41) is 13.9. The van der Waals surface area contributed by atoms with Crippen molar-refractivity contribution in [2.24, 2.45) is 0 Å². The van der Waals surface area contributed by atoms with E-state index in [1.54, 1.807) is 0 Å². The fourth-order valence-corrected chi connectivity index (χ4v) is 2.41. The highest BCUT2D eigenvalue weighted by Crippen LogP contribution is 2.24. The van der Waals surface area contributed by atoms with Gasteiger partial charge in [0, 0.05) is 0 Å². The number of benzene rings is 1. The zero-order valence-electron chi connectivity index (χ0n) is 10.9. The molecular weight excluding hydrogens is 274 g/mol. The van der Waals surface area contributed by atoms with E-state index < -0.39 is 0 Å². The molecule has 0 bridgehead atoms. The first-order valence-electron chi connectivity index (χ1n) is 6.37. The summed E-state index contributed by atoms with van der Waals surface area (Å²) in [5.41, 5.74) is 2.88. The van der Waals surface area contributed by atoms with Crippen molar-refractivity contribution in [2.45, 2.75) is 19.8 Å². The fraction of sp³-hybridized carbons (Fsp3) is 0.214. The van der Waals surface area contributed by atoms with Gasteiger partial charge in [0.1, 0.15) is 11.6 Å². The third-order valence-electron chi connectivity index (χ3n) is 3.08. The number of nitrogens with one attached hydrogen (secondary N) is 1. The average molecular weight is 286 g/mol. The van der Waals surface area contributed by atoms with E-state index in [9.17, 15) is 5.26 Å². The van der Waals surface area contributed by atoms with Crippen LogP contribution in [0.2, 0.25) is 5.15 Å². The number of fused-ring (bicyclic) bond motifs is 1. The molecule has 1 N–H and O–H groups in total. The topological polar surface area (TPSA) is 70.3 Å². The van der Waals surface area contributed by atoms with Crippen LogP contribution in [0.4, 0.5) is 0 Å². The third kappa shape index (κ3) is 1.95. The van der Waals surface area contributed by atoms with E-state index in [2.05, 4.69) is 21.1 Å². The summed E-state index contributed by atoms with van der Waals surface area (Å²) in [7, 11) is 0. The van der Waals surface area contributed by atoms with E-state index in [1.807, 2.05) is 31.2 Å². The standard InChI is InChI=1S/C14H12ClN5/c1-2-5-10-9(8-16)13(15)20(19-10)14-17-11-6-3-4-7-12(11)18-14/h3-4,6-7H,2,5H2,1H3,(H,17,18). The van der Waals surface area contributed by atoms with Gasteiger partial charge in [0.05, 0.1) is 16.7 Å². The van der Waals surface area contributed by atoms with Crippen LogP contribution in [0.15, 0.2) is 24.3 Å². The summed E-state index contributed by atoms with van der Waals surface area (Å²) in [6, 6.07) is 9.80. The number of aromatic amines is 1. The Hall–Kier alpha value is -2.32. The molecule has 100 valence electrons. The number of aryl methyl sites for hydroxylation is 1. The Morgan fingerprint density at radius 2 is 2.20 bits per heavy atom.